The molecule has 0 amide bonds. The van der Waals surface area contributed by atoms with Crippen LogP contribution in [-0.2, 0) is 0 Å². The highest BCUT2D eigenvalue weighted by Gasteiger charge is 2.44. The normalized spacial score (nSPS) is 12.5. The van der Waals surface area contributed by atoms with Gasteiger partial charge in [0.05, 0.1) is 11.0 Å². The van der Waals surface area contributed by atoms with Gasteiger partial charge in [0.2, 0.25) is 0 Å². The van der Waals surface area contributed by atoms with E-state index < -0.39 is 0 Å². The highest BCUT2D eigenvalue weighted by atomic mass is 15.1. The maximum absolute atomic E-state index is 2.64. The van der Waals surface area contributed by atoms with Crippen LogP contribution in [-0.4, -0.2) is 11.4 Å². The van der Waals surface area contributed by atoms with Crippen LogP contribution in [0.15, 0.2) is 224 Å². The van der Waals surface area contributed by atoms with Crippen LogP contribution < -0.4 is 15.7 Å². The van der Waals surface area contributed by atoms with E-state index in [1.165, 1.54) is 116 Å². The second kappa shape index (κ2) is 13.3. The van der Waals surface area contributed by atoms with E-state index in [1.54, 1.807) is 0 Å². The summed E-state index contributed by atoms with van der Waals surface area (Å²) in [5.41, 5.74) is 21.0. The van der Waals surface area contributed by atoms with Crippen molar-refractivity contribution < 1.29 is 0 Å². The van der Waals surface area contributed by atoms with Crippen molar-refractivity contribution in [1.82, 2.24) is 4.57 Å². The number of hydrogen-bond acceptors (Lipinski definition) is 1. The summed E-state index contributed by atoms with van der Waals surface area (Å²) < 4.78 is 2.59. The molecule has 2 aliphatic heterocycles. The van der Waals surface area contributed by atoms with Gasteiger partial charge in [-0.15, -0.1) is 0 Å². The van der Waals surface area contributed by atoms with E-state index >= 15 is 0 Å². The van der Waals surface area contributed by atoms with Crippen LogP contribution in [0.25, 0.3) is 93.9 Å². The molecule has 3 heteroatoms. The largest absolute Gasteiger partial charge is 0.376 e. The van der Waals surface area contributed by atoms with Crippen LogP contribution in [0.3, 0.4) is 0 Å². The molecule has 2 nitrogen and oxygen atoms in total. The van der Waals surface area contributed by atoms with E-state index in [-0.39, 0.29) is 6.85 Å². The van der Waals surface area contributed by atoms with Crippen molar-refractivity contribution >= 4 is 61.7 Å². The lowest BCUT2D eigenvalue weighted by molar-refractivity contribution is 1.18. The van der Waals surface area contributed by atoms with Crippen molar-refractivity contribution in [3.8, 4) is 61.3 Å². The Morgan fingerprint density at radius 1 is 0.328 bits per heavy atom. The van der Waals surface area contributed by atoms with Gasteiger partial charge in [0, 0.05) is 33.4 Å². The minimum Gasteiger partial charge on any atom is -0.376 e. The van der Waals surface area contributed by atoms with E-state index in [2.05, 4.69) is 234 Å². The van der Waals surface area contributed by atoms with Crippen molar-refractivity contribution in [1.29, 1.82) is 0 Å². The van der Waals surface area contributed by atoms with Gasteiger partial charge in [-0.05, 0) is 126 Å². The molecule has 0 fully saturated rings. The first-order chi connectivity index (χ1) is 30.2. The molecular weight excluding hydrogens is 735 g/mol. The Hall–Kier alpha value is -7.88. The van der Waals surface area contributed by atoms with Crippen molar-refractivity contribution in [3.05, 3.63) is 224 Å². The maximum Gasteiger partial charge on any atom is 0.333 e. The Morgan fingerprint density at radius 2 is 0.836 bits per heavy atom. The summed E-state index contributed by atoms with van der Waals surface area (Å²) in [7, 11) is 0. The summed E-state index contributed by atoms with van der Waals surface area (Å²) in [6.45, 7) is -0.109. The summed E-state index contributed by atoms with van der Waals surface area (Å²) >= 11 is 0. The Balaban J connectivity index is 1.18. The number of nitrogens with zero attached hydrogens (tertiary/aromatic N) is 2. The quantitative estimate of drug-likeness (QED) is 0.158. The molecule has 0 aliphatic carbocycles. The molecule has 13 rings (SSSR count). The van der Waals surface area contributed by atoms with Gasteiger partial charge in [-0.3, -0.25) is 0 Å². The summed E-state index contributed by atoms with van der Waals surface area (Å²) in [4.78, 5) is 2.64. The SMILES string of the molecule is c1ccc(-c2ccc(N3B4c5c(cc(-c6ccccc6)cc5-n5c6ccc(-c7ccccc7)cc6c6cc(-c7ccccc7)cc4c65)-c4cc5ccccc5cc43)cc2)cc1. The molecule has 11 aromatic rings. The highest BCUT2D eigenvalue weighted by Crippen LogP contribution is 2.48. The number of fused-ring (bicyclic) bond motifs is 8. The zero-order valence-electron chi connectivity index (χ0n) is 33.3. The smallest absolute Gasteiger partial charge is 0.333 e. The minimum absolute atomic E-state index is 0.109. The first-order valence-electron chi connectivity index (χ1n) is 21.2. The molecule has 0 saturated carbocycles. The number of rotatable bonds is 5. The Labute approximate surface area is 355 Å². The van der Waals surface area contributed by atoms with Crippen LogP contribution in [0.1, 0.15) is 0 Å². The highest BCUT2D eigenvalue weighted by molar-refractivity contribution is 6.93. The van der Waals surface area contributed by atoms with Crippen LogP contribution in [0.5, 0.6) is 0 Å². The second-order valence-corrected chi connectivity index (χ2v) is 16.5. The lowest BCUT2D eigenvalue weighted by Crippen LogP contribution is -2.60. The monoisotopic (exact) mass is 772 g/mol. The topological polar surface area (TPSA) is 8.17 Å². The fourth-order valence-corrected chi connectivity index (χ4v) is 10.3. The predicted molar refractivity (Wildman–Crippen MR) is 259 cm³/mol. The average Bonchev–Trinajstić information content (AvgIpc) is 3.67. The van der Waals surface area contributed by atoms with Crippen molar-refractivity contribution in [2.75, 3.05) is 4.81 Å². The molecule has 0 N–H and O–H groups in total. The lowest BCUT2D eigenvalue weighted by Gasteiger charge is -2.42. The standard InChI is InChI=1S/C58H37BN2/c1-5-15-38(16-6-1)42-25-28-48(29-26-42)61-55-36-44-24-14-13-23-43(44)31-49(55)51-33-47(41-21-11-4-12-22-41)37-56-57(51)59(61)53-35-46(40-19-9-3-10-20-40)34-52-50-32-45(39-17-7-2-8-18-39)27-30-54(50)60(56)58(52)53/h1-37H. The zero-order chi connectivity index (χ0) is 40.0. The van der Waals surface area contributed by atoms with Crippen molar-refractivity contribution in [3.63, 3.8) is 0 Å². The molecule has 3 heterocycles. The summed E-state index contributed by atoms with van der Waals surface area (Å²) in [5.74, 6) is 0. The van der Waals surface area contributed by atoms with E-state index in [0.717, 1.165) is 0 Å². The molecule has 1 aromatic heterocycles. The van der Waals surface area contributed by atoms with Crippen LogP contribution in [0.4, 0.5) is 11.4 Å². The molecule has 0 atom stereocenters. The lowest BCUT2D eigenvalue weighted by atomic mass is 9.43. The fraction of sp³-hybridized carbons (Fsp3) is 0. The van der Waals surface area contributed by atoms with Gasteiger partial charge in [-0.2, -0.15) is 0 Å². The molecule has 0 spiro atoms. The zero-order valence-corrected chi connectivity index (χ0v) is 33.3. The van der Waals surface area contributed by atoms with Crippen molar-refractivity contribution in [2.24, 2.45) is 0 Å². The maximum atomic E-state index is 2.64. The molecule has 0 unspecified atom stereocenters. The first kappa shape index (κ1) is 34.0. The molecule has 282 valence electrons. The Bertz CT molecular complexity index is 3500. The second-order valence-electron chi connectivity index (χ2n) is 16.5. The molecule has 2 aliphatic rings. The average molecular weight is 773 g/mol. The summed E-state index contributed by atoms with van der Waals surface area (Å²) in [6, 6.07) is 83.2. The summed E-state index contributed by atoms with van der Waals surface area (Å²) in [5, 5.41) is 5.00. The van der Waals surface area contributed by atoms with Gasteiger partial charge in [-0.25, -0.2) is 0 Å². The van der Waals surface area contributed by atoms with Gasteiger partial charge in [-0.1, -0.05) is 170 Å². The van der Waals surface area contributed by atoms with Gasteiger partial charge in [0.15, 0.2) is 0 Å². The van der Waals surface area contributed by atoms with Crippen molar-refractivity contribution in [2.45, 2.75) is 0 Å². The third-order valence-electron chi connectivity index (χ3n) is 13.1. The van der Waals surface area contributed by atoms with Gasteiger partial charge < -0.3 is 9.38 Å². The molecule has 0 saturated heterocycles. The van der Waals surface area contributed by atoms with Crippen LogP contribution in [0, 0.1) is 0 Å². The molecule has 0 bridgehead atoms. The molecule has 10 aromatic carbocycles. The molecule has 0 radical (unpaired) electrons. The van der Waals surface area contributed by atoms with E-state index in [0.29, 0.717) is 0 Å². The number of hydrogen-bond donors (Lipinski definition) is 0. The summed E-state index contributed by atoms with van der Waals surface area (Å²) in [6.07, 6.45) is 0. The third kappa shape index (κ3) is 5.24. The van der Waals surface area contributed by atoms with Crippen LogP contribution in [0.2, 0.25) is 0 Å². The number of aromatic nitrogens is 1. The predicted octanol–water partition coefficient (Wildman–Crippen LogP) is 13.8. The molecule has 61 heavy (non-hydrogen) atoms. The van der Waals surface area contributed by atoms with E-state index in [4.69, 9.17) is 0 Å². The Morgan fingerprint density at radius 3 is 1.48 bits per heavy atom. The minimum atomic E-state index is -0.109. The van der Waals surface area contributed by atoms with Gasteiger partial charge in [0.1, 0.15) is 0 Å². The fourth-order valence-electron chi connectivity index (χ4n) is 10.3. The molecular formula is C58H37BN2. The van der Waals surface area contributed by atoms with Gasteiger partial charge >= 0.3 is 6.85 Å². The Kier molecular flexibility index (Phi) is 7.43. The first-order valence-corrected chi connectivity index (χ1v) is 21.2. The van der Waals surface area contributed by atoms with Gasteiger partial charge in [0.25, 0.3) is 0 Å². The van der Waals surface area contributed by atoms with E-state index in [1.807, 2.05) is 0 Å². The third-order valence-corrected chi connectivity index (χ3v) is 13.1. The number of benzene rings is 10. The number of anilines is 2. The van der Waals surface area contributed by atoms with Crippen LogP contribution >= 0.6 is 0 Å². The van der Waals surface area contributed by atoms with E-state index in [9.17, 15) is 0 Å².